The van der Waals surface area contributed by atoms with Crippen molar-refractivity contribution in [3.05, 3.63) is 0 Å². The fourth-order valence-electron chi connectivity index (χ4n) is 2.89. The number of carbonyl (C=O) groups is 1. The molecule has 0 heterocycles. The SMILES string of the molecule is CCCCCCCCCOC(=O)C(CC)C(N)CCCCCN. The van der Waals surface area contributed by atoms with Gasteiger partial charge in [-0.1, -0.05) is 65.2 Å². The third kappa shape index (κ3) is 12.5. The molecule has 23 heavy (non-hydrogen) atoms. The van der Waals surface area contributed by atoms with Crippen LogP contribution in [-0.2, 0) is 9.53 Å². The van der Waals surface area contributed by atoms with Crippen LogP contribution in [0.4, 0.5) is 0 Å². The first-order valence-electron chi connectivity index (χ1n) is 9.79. The molecule has 0 rings (SSSR count). The van der Waals surface area contributed by atoms with Crippen LogP contribution in [0.5, 0.6) is 0 Å². The van der Waals surface area contributed by atoms with Crippen molar-refractivity contribution in [2.45, 2.75) is 96.9 Å². The molecular formula is C19H40N2O2. The van der Waals surface area contributed by atoms with Crippen molar-refractivity contribution in [1.82, 2.24) is 0 Å². The minimum Gasteiger partial charge on any atom is -0.465 e. The first-order valence-corrected chi connectivity index (χ1v) is 9.79. The van der Waals surface area contributed by atoms with Gasteiger partial charge in [-0.05, 0) is 32.2 Å². The van der Waals surface area contributed by atoms with Gasteiger partial charge in [0.1, 0.15) is 0 Å². The van der Waals surface area contributed by atoms with E-state index in [0.717, 1.165) is 51.5 Å². The predicted molar refractivity (Wildman–Crippen MR) is 98.2 cm³/mol. The summed E-state index contributed by atoms with van der Waals surface area (Å²) >= 11 is 0. The van der Waals surface area contributed by atoms with Gasteiger partial charge in [-0.15, -0.1) is 0 Å². The fraction of sp³-hybridized carbons (Fsp3) is 0.947. The second kappa shape index (κ2) is 16.3. The minimum absolute atomic E-state index is 0.0840. The van der Waals surface area contributed by atoms with Crippen molar-refractivity contribution in [3.8, 4) is 0 Å². The lowest BCUT2D eigenvalue weighted by Crippen LogP contribution is -2.36. The molecule has 2 atom stereocenters. The van der Waals surface area contributed by atoms with E-state index in [2.05, 4.69) is 6.92 Å². The summed E-state index contributed by atoms with van der Waals surface area (Å²) in [6.45, 7) is 5.52. The standard InChI is InChI=1S/C19H40N2O2/c1-3-5-6-7-8-9-13-16-23-19(22)17(4-2)18(21)14-11-10-12-15-20/h17-18H,3-16,20-21H2,1-2H3. The molecule has 0 radical (unpaired) electrons. The molecule has 0 aromatic carbocycles. The Labute approximate surface area is 143 Å². The number of carbonyl (C=O) groups excluding carboxylic acids is 1. The van der Waals surface area contributed by atoms with Gasteiger partial charge in [0.2, 0.25) is 0 Å². The second-order valence-corrected chi connectivity index (χ2v) is 6.61. The number of unbranched alkanes of at least 4 members (excludes halogenated alkanes) is 8. The summed E-state index contributed by atoms with van der Waals surface area (Å²) in [5, 5.41) is 0. The average molecular weight is 329 g/mol. The maximum Gasteiger partial charge on any atom is 0.310 e. The number of ether oxygens (including phenoxy) is 1. The van der Waals surface area contributed by atoms with Gasteiger partial charge in [0, 0.05) is 6.04 Å². The van der Waals surface area contributed by atoms with Crippen molar-refractivity contribution in [1.29, 1.82) is 0 Å². The predicted octanol–water partition coefficient (Wildman–Crippen LogP) is 4.15. The summed E-state index contributed by atoms with van der Waals surface area (Å²) in [5.74, 6) is -0.262. The largest absolute Gasteiger partial charge is 0.465 e. The molecule has 0 aliphatic carbocycles. The topological polar surface area (TPSA) is 78.3 Å². The first kappa shape index (κ1) is 22.4. The van der Waals surface area contributed by atoms with Gasteiger partial charge in [0.25, 0.3) is 0 Å². The summed E-state index contributed by atoms with van der Waals surface area (Å²) in [6.07, 6.45) is 13.4. The zero-order valence-electron chi connectivity index (χ0n) is 15.5. The molecule has 4 N–H and O–H groups in total. The molecule has 0 saturated heterocycles. The maximum absolute atomic E-state index is 12.2. The lowest BCUT2D eigenvalue weighted by atomic mass is 9.93. The third-order valence-electron chi connectivity index (χ3n) is 4.49. The Kier molecular flexibility index (Phi) is 15.8. The highest BCUT2D eigenvalue weighted by Crippen LogP contribution is 2.16. The van der Waals surface area contributed by atoms with Crippen molar-refractivity contribution in [2.24, 2.45) is 17.4 Å². The lowest BCUT2D eigenvalue weighted by Gasteiger charge is -2.21. The Hall–Kier alpha value is -0.610. The Morgan fingerprint density at radius 2 is 1.52 bits per heavy atom. The summed E-state index contributed by atoms with van der Waals surface area (Å²) in [5.41, 5.74) is 11.7. The van der Waals surface area contributed by atoms with E-state index in [1.807, 2.05) is 6.92 Å². The normalized spacial score (nSPS) is 13.7. The molecule has 0 fully saturated rings. The van der Waals surface area contributed by atoms with Gasteiger partial charge in [-0.25, -0.2) is 0 Å². The van der Waals surface area contributed by atoms with Crippen molar-refractivity contribution in [2.75, 3.05) is 13.2 Å². The first-order chi connectivity index (χ1) is 11.2. The van der Waals surface area contributed by atoms with Gasteiger partial charge in [0.05, 0.1) is 12.5 Å². The van der Waals surface area contributed by atoms with Crippen molar-refractivity contribution >= 4 is 5.97 Å². The minimum atomic E-state index is -0.155. The van der Waals surface area contributed by atoms with Crippen LogP contribution in [0.3, 0.4) is 0 Å². The van der Waals surface area contributed by atoms with E-state index < -0.39 is 0 Å². The molecule has 0 aromatic rings. The molecule has 0 amide bonds. The smallest absolute Gasteiger partial charge is 0.310 e. The number of hydrogen-bond donors (Lipinski definition) is 2. The number of nitrogens with two attached hydrogens (primary N) is 2. The monoisotopic (exact) mass is 328 g/mol. The Balaban J connectivity index is 3.74. The van der Waals surface area contributed by atoms with Crippen molar-refractivity contribution in [3.63, 3.8) is 0 Å². The van der Waals surface area contributed by atoms with E-state index in [9.17, 15) is 4.79 Å². The lowest BCUT2D eigenvalue weighted by molar-refractivity contribution is -0.149. The zero-order valence-corrected chi connectivity index (χ0v) is 15.5. The molecule has 0 bridgehead atoms. The molecule has 0 spiro atoms. The van der Waals surface area contributed by atoms with E-state index in [1.54, 1.807) is 0 Å². The van der Waals surface area contributed by atoms with Crippen LogP contribution in [-0.4, -0.2) is 25.2 Å². The molecule has 138 valence electrons. The molecule has 0 saturated carbocycles. The van der Waals surface area contributed by atoms with Crippen LogP contribution in [0.2, 0.25) is 0 Å². The van der Waals surface area contributed by atoms with Gasteiger partial charge in [-0.3, -0.25) is 4.79 Å². The molecule has 0 aliphatic heterocycles. The highest BCUT2D eigenvalue weighted by atomic mass is 16.5. The molecule has 2 unspecified atom stereocenters. The third-order valence-corrected chi connectivity index (χ3v) is 4.49. The quantitative estimate of drug-likeness (QED) is 0.329. The van der Waals surface area contributed by atoms with E-state index in [1.165, 1.54) is 32.1 Å². The molecule has 0 aliphatic rings. The van der Waals surface area contributed by atoms with E-state index in [4.69, 9.17) is 16.2 Å². The Morgan fingerprint density at radius 1 is 0.913 bits per heavy atom. The number of esters is 1. The van der Waals surface area contributed by atoms with Crippen LogP contribution in [0.25, 0.3) is 0 Å². The highest BCUT2D eigenvalue weighted by Gasteiger charge is 2.24. The maximum atomic E-state index is 12.2. The fourth-order valence-corrected chi connectivity index (χ4v) is 2.89. The Morgan fingerprint density at radius 3 is 2.13 bits per heavy atom. The Bertz CT molecular complexity index is 272. The van der Waals surface area contributed by atoms with Gasteiger partial charge in [-0.2, -0.15) is 0 Å². The summed E-state index contributed by atoms with van der Waals surface area (Å²) in [4.78, 5) is 12.2. The van der Waals surface area contributed by atoms with Crippen molar-refractivity contribution < 1.29 is 9.53 Å². The van der Waals surface area contributed by atoms with Crippen LogP contribution >= 0.6 is 0 Å². The average Bonchev–Trinajstić information content (AvgIpc) is 2.54. The molecule has 4 heteroatoms. The van der Waals surface area contributed by atoms with Crippen LogP contribution in [0, 0.1) is 5.92 Å². The summed E-state index contributed by atoms with van der Waals surface area (Å²) in [6, 6.07) is -0.0840. The molecule has 0 aromatic heterocycles. The summed E-state index contributed by atoms with van der Waals surface area (Å²) in [7, 11) is 0. The summed E-state index contributed by atoms with van der Waals surface area (Å²) < 4.78 is 5.43. The van der Waals surface area contributed by atoms with E-state index in [-0.39, 0.29) is 17.9 Å². The molecule has 4 nitrogen and oxygen atoms in total. The van der Waals surface area contributed by atoms with E-state index in [0.29, 0.717) is 6.61 Å². The van der Waals surface area contributed by atoms with Crippen LogP contribution < -0.4 is 11.5 Å². The van der Waals surface area contributed by atoms with Crippen LogP contribution in [0.1, 0.15) is 90.9 Å². The second-order valence-electron chi connectivity index (χ2n) is 6.61. The van der Waals surface area contributed by atoms with Gasteiger partial charge >= 0.3 is 5.97 Å². The van der Waals surface area contributed by atoms with Gasteiger partial charge < -0.3 is 16.2 Å². The van der Waals surface area contributed by atoms with Gasteiger partial charge in [0.15, 0.2) is 0 Å². The van der Waals surface area contributed by atoms with Crippen LogP contribution in [0.15, 0.2) is 0 Å². The number of rotatable bonds is 16. The molecular weight excluding hydrogens is 288 g/mol. The van der Waals surface area contributed by atoms with E-state index >= 15 is 0 Å². The number of hydrogen-bond acceptors (Lipinski definition) is 4. The highest BCUT2D eigenvalue weighted by molar-refractivity contribution is 5.73. The zero-order chi connectivity index (χ0) is 17.3.